The number of halogens is 3. The van der Waals surface area contributed by atoms with Gasteiger partial charge in [0.1, 0.15) is 0 Å². The van der Waals surface area contributed by atoms with Crippen LogP contribution in [0.15, 0.2) is 60.8 Å². The maximum absolute atomic E-state index is 13.4. The fourth-order valence-electron chi connectivity index (χ4n) is 4.46. The van der Waals surface area contributed by atoms with Crippen LogP contribution >= 0.6 is 0 Å². The van der Waals surface area contributed by atoms with Crippen molar-refractivity contribution in [1.29, 1.82) is 0 Å². The van der Waals surface area contributed by atoms with E-state index in [4.69, 9.17) is 0 Å². The highest BCUT2D eigenvalue weighted by Crippen LogP contribution is 2.39. The normalized spacial score (nSPS) is 17.0. The average molecular weight is 429 g/mol. The number of H-pyrrole nitrogens is 1. The SMILES string of the molecule is OCC1(Cc2ccccc2C(F)(F)F)CCN(Cc2cn[nH]c2-c2ccccc2)CC1. The molecule has 7 heteroatoms. The molecule has 2 heterocycles. The number of aliphatic hydroxyl groups excluding tert-OH is 1. The van der Waals surface area contributed by atoms with E-state index in [1.54, 1.807) is 6.07 Å². The largest absolute Gasteiger partial charge is 0.416 e. The lowest BCUT2D eigenvalue weighted by Crippen LogP contribution is -2.43. The van der Waals surface area contributed by atoms with Gasteiger partial charge in [-0.3, -0.25) is 10.00 Å². The van der Waals surface area contributed by atoms with Crippen LogP contribution in [0.25, 0.3) is 11.3 Å². The molecular weight excluding hydrogens is 403 g/mol. The molecule has 4 rings (SSSR count). The molecule has 1 fully saturated rings. The molecule has 2 aromatic carbocycles. The minimum Gasteiger partial charge on any atom is -0.396 e. The van der Waals surface area contributed by atoms with Crippen molar-refractivity contribution in [2.24, 2.45) is 5.41 Å². The molecule has 0 amide bonds. The van der Waals surface area contributed by atoms with E-state index in [0.29, 0.717) is 32.5 Å². The summed E-state index contributed by atoms with van der Waals surface area (Å²) in [5.41, 5.74) is 2.27. The van der Waals surface area contributed by atoms with Crippen molar-refractivity contribution in [3.05, 3.63) is 77.5 Å². The fraction of sp³-hybridized carbons (Fsp3) is 0.375. The number of rotatable bonds is 6. The van der Waals surface area contributed by atoms with Gasteiger partial charge in [-0.05, 0) is 55.0 Å². The third-order valence-electron chi connectivity index (χ3n) is 6.31. The zero-order valence-corrected chi connectivity index (χ0v) is 17.2. The predicted molar refractivity (Wildman–Crippen MR) is 113 cm³/mol. The molecule has 31 heavy (non-hydrogen) atoms. The summed E-state index contributed by atoms with van der Waals surface area (Å²) < 4.78 is 40.2. The molecule has 0 saturated carbocycles. The summed E-state index contributed by atoms with van der Waals surface area (Å²) in [4.78, 5) is 2.28. The van der Waals surface area contributed by atoms with Gasteiger partial charge in [0.05, 0.1) is 17.5 Å². The number of aromatic nitrogens is 2. The molecule has 0 atom stereocenters. The topological polar surface area (TPSA) is 52.1 Å². The van der Waals surface area contributed by atoms with Crippen molar-refractivity contribution in [3.63, 3.8) is 0 Å². The Balaban J connectivity index is 1.44. The van der Waals surface area contributed by atoms with E-state index in [-0.39, 0.29) is 18.6 Å². The number of piperidine rings is 1. The number of aromatic amines is 1. The summed E-state index contributed by atoms with van der Waals surface area (Å²) in [5.74, 6) is 0. The summed E-state index contributed by atoms with van der Waals surface area (Å²) in [6.07, 6.45) is -1.03. The van der Waals surface area contributed by atoms with Gasteiger partial charge >= 0.3 is 6.18 Å². The van der Waals surface area contributed by atoms with E-state index in [1.807, 2.05) is 36.5 Å². The molecule has 0 spiro atoms. The number of likely N-dealkylation sites (tertiary alicyclic amines) is 1. The van der Waals surface area contributed by atoms with Crippen LogP contribution in [-0.4, -0.2) is 39.9 Å². The van der Waals surface area contributed by atoms with E-state index in [2.05, 4.69) is 15.1 Å². The first-order valence-corrected chi connectivity index (χ1v) is 10.5. The van der Waals surface area contributed by atoms with Crippen LogP contribution in [0.1, 0.15) is 29.5 Å². The molecule has 0 radical (unpaired) electrons. The van der Waals surface area contributed by atoms with Crippen LogP contribution in [0.4, 0.5) is 13.2 Å². The molecule has 0 bridgehead atoms. The number of nitrogens with zero attached hydrogens (tertiary/aromatic N) is 2. The maximum Gasteiger partial charge on any atom is 0.416 e. The molecule has 2 N–H and O–H groups in total. The van der Waals surface area contributed by atoms with Crippen LogP contribution in [0.5, 0.6) is 0 Å². The number of aliphatic hydroxyl groups is 1. The lowest BCUT2D eigenvalue weighted by Gasteiger charge is -2.41. The Bertz CT molecular complexity index is 993. The van der Waals surface area contributed by atoms with Gasteiger partial charge in [0.15, 0.2) is 0 Å². The first kappa shape index (κ1) is 21.6. The molecular formula is C24H26F3N3O. The Morgan fingerprint density at radius 2 is 1.65 bits per heavy atom. The highest BCUT2D eigenvalue weighted by molar-refractivity contribution is 5.62. The Kier molecular flexibility index (Phi) is 6.16. The highest BCUT2D eigenvalue weighted by Gasteiger charge is 2.38. The molecule has 1 aromatic heterocycles. The van der Waals surface area contributed by atoms with Crippen molar-refractivity contribution in [1.82, 2.24) is 15.1 Å². The lowest BCUT2D eigenvalue weighted by atomic mass is 9.73. The molecule has 164 valence electrons. The van der Waals surface area contributed by atoms with Crippen LogP contribution in [0.3, 0.4) is 0 Å². The monoisotopic (exact) mass is 429 g/mol. The Morgan fingerprint density at radius 1 is 0.968 bits per heavy atom. The zero-order valence-electron chi connectivity index (χ0n) is 17.2. The van der Waals surface area contributed by atoms with Crippen LogP contribution in [0, 0.1) is 5.41 Å². The van der Waals surface area contributed by atoms with E-state index in [0.717, 1.165) is 22.9 Å². The van der Waals surface area contributed by atoms with Gasteiger partial charge in [0, 0.05) is 18.7 Å². The van der Waals surface area contributed by atoms with Crippen LogP contribution in [0.2, 0.25) is 0 Å². The molecule has 0 unspecified atom stereocenters. The number of nitrogens with one attached hydrogen (secondary N) is 1. The third-order valence-corrected chi connectivity index (χ3v) is 6.31. The van der Waals surface area contributed by atoms with Gasteiger partial charge in [-0.1, -0.05) is 48.5 Å². The average Bonchev–Trinajstić information content (AvgIpc) is 3.24. The summed E-state index contributed by atoms with van der Waals surface area (Å²) >= 11 is 0. The van der Waals surface area contributed by atoms with Crippen LogP contribution < -0.4 is 0 Å². The number of benzene rings is 2. The standard InChI is InChI=1S/C24H26F3N3O/c25-24(26,27)21-9-5-4-8-19(21)14-23(17-31)10-12-30(13-11-23)16-20-15-28-29-22(20)18-6-2-1-3-7-18/h1-9,15,31H,10-14,16-17H2,(H,28,29). The predicted octanol–water partition coefficient (Wildman–Crippen LogP) is 4.91. The molecule has 3 aromatic rings. The van der Waals surface area contributed by atoms with Crippen molar-refractivity contribution < 1.29 is 18.3 Å². The number of alkyl halides is 3. The molecule has 1 aliphatic rings. The van der Waals surface area contributed by atoms with Gasteiger partial charge in [-0.25, -0.2) is 0 Å². The van der Waals surface area contributed by atoms with Crippen LogP contribution in [-0.2, 0) is 19.1 Å². The molecule has 1 saturated heterocycles. The van der Waals surface area contributed by atoms with Gasteiger partial charge in [0.25, 0.3) is 0 Å². The van der Waals surface area contributed by atoms with Gasteiger partial charge in [0.2, 0.25) is 0 Å². The summed E-state index contributed by atoms with van der Waals surface area (Å²) in [6.45, 7) is 2.03. The zero-order chi connectivity index (χ0) is 21.9. The Morgan fingerprint density at radius 3 is 2.32 bits per heavy atom. The van der Waals surface area contributed by atoms with Crippen molar-refractivity contribution in [2.75, 3.05) is 19.7 Å². The first-order chi connectivity index (χ1) is 14.9. The smallest absolute Gasteiger partial charge is 0.396 e. The highest BCUT2D eigenvalue weighted by atomic mass is 19.4. The molecule has 1 aliphatic heterocycles. The van der Waals surface area contributed by atoms with E-state index < -0.39 is 17.2 Å². The maximum atomic E-state index is 13.4. The second kappa shape index (κ2) is 8.85. The van der Waals surface area contributed by atoms with E-state index >= 15 is 0 Å². The first-order valence-electron chi connectivity index (χ1n) is 10.5. The quantitative estimate of drug-likeness (QED) is 0.585. The van der Waals surface area contributed by atoms with Crippen molar-refractivity contribution in [3.8, 4) is 11.3 Å². The second-order valence-electron chi connectivity index (χ2n) is 8.40. The van der Waals surface area contributed by atoms with E-state index in [1.165, 1.54) is 12.1 Å². The van der Waals surface area contributed by atoms with Crippen molar-refractivity contribution in [2.45, 2.75) is 32.0 Å². The lowest BCUT2D eigenvalue weighted by molar-refractivity contribution is -0.138. The van der Waals surface area contributed by atoms with Gasteiger partial charge < -0.3 is 5.11 Å². The molecule has 0 aliphatic carbocycles. The van der Waals surface area contributed by atoms with Gasteiger partial charge in [-0.2, -0.15) is 18.3 Å². The summed E-state index contributed by atoms with van der Waals surface area (Å²) in [7, 11) is 0. The second-order valence-corrected chi connectivity index (χ2v) is 8.40. The summed E-state index contributed by atoms with van der Waals surface area (Å²) in [5, 5.41) is 17.4. The minimum absolute atomic E-state index is 0.117. The summed E-state index contributed by atoms with van der Waals surface area (Å²) in [6, 6.07) is 15.7. The third kappa shape index (κ3) is 4.83. The van der Waals surface area contributed by atoms with Crippen molar-refractivity contribution >= 4 is 0 Å². The number of hydrogen-bond acceptors (Lipinski definition) is 3. The minimum atomic E-state index is -4.39. The van der Waals surface area contributed by atoms with Gasteiger partial charge in [-0.15, -0.1) is 0 Å². The Labute approximate surface area is 179 Å². The Hall–Kier alpha value is -2.64. The number of hydrogen-bond donors (Lipinski definition) is 2. The molecule has 4 nitrogen and oxygen atoms in total. The fourth-order valence-corrected chi connectivity index (χ4v) is 4.46. The van der Waals surface area contributed by atoms with E-state index in [9.17, 15) is 18.3 Å².